The fraction of sp³-hybridized carbons (Fsp3) is 0.571. The molecule has 0 aromatic heterocycles. The van der Waals surface area contributed by atoms with Gasteiger partial charge in [0.25, 0.3) is 0 Å². The molecule has 0 aliphatic carbocycles. The van der Waals surface area contributed by atoms with Crippen LogP contribution >= 0.6 is 0 Å². The minimum Gasteiger partial charge on any atom is -0.413 e. The summed E-state index contributed by atoms with van der Waals surface area (Å²) in [5.41, 5.74) is 0. The van der Waals surface area contributed by atoms with Crippen LogP contribution < -0.4 is 0 Å². The highest BCUT2D eigenvalue weighted by atomic mass is 19.3. The Labute approximate surface area is 134 Å². The van der Waals surface area contributed by atoms with E-state index in [4.69, 9.17) is 0 Å². The first-order valence-corrected chi connectivity index (χ1v) is 6.56. The first-order chi connectivity index (χ1) is 10.7. The molecule has 0 bridgehead atoms. The zero-order chi connectivity index (χ0) is 19.4. The van der Waals surface area contributed by atoms with Gasteiger partial charge in [0, 0.05) is 25.5 Å². The van der Waals surface area contributed by atoms with E-state index in [1.165, 1.54) is 6.92 Å². The van der Waals surface area contributed by atoms with Gasteiger partial charge in [0.1, 0.15) is 0 Å². The molecule has 0 atom stereocenters. The van der Waals surface area contributed by atoms with Gasteiger partial charge in [-0.25, -0.2) is 9.59 Å². The van der Waals surface area contributed by atoms with Crippen LogP contribution in [0.15, 0.2) is 25.3 Å². The molecular weight excluding hydrogens is 346 g/mol. The van der Waals surface area contributed by atoms with Crippen LogP contribution in [0.25, 0.3) is 0 Å². The average molecular weight is 362 g/mol. The summed E-state index contributed by atoms with van der Waals surface area (Å²) >= 11 is 0. The van der Waals surface area contributed by atoms with Crippen molar-refractivity contribution in [3.63, 3.8) is 0 Å². The average Bonchev–Trinajstić information content (AvgIpc) is 2.45. The number of alkyl halides is 6. The van der Waals surface area contributed by atoms with E-state index in [-0.39, 0.29) is 6.42 Å². The third kappa shape index (κ3) is 3.90. The minimum absolute atomic E-state index is 0.324. The standard InChI is InChI=1S/C14H16F6O4/c1-5-8-12(23-9(21)6-2,24-10(22)7-3)14(19,20)13(17,18)11(4,15)16/h6-7H,2-3,5,8H2,1,4H3. The van der Waals surface area contributed by atoms with E-state index in [1.54, 1.807) is 0 Å². The highest BCUT2D eigenvalue weighted by Crippen LogP contribution is 2.53. The molecule has 0 N–H and O–H groups in total. The number of carbonyl (C=O) groups excluding carboxylic acids is 2. The zero-order valence-electron chi connectivity index (χ0n) is 12.9. The molecule has 0 radical (unpaired) electrons. The fourth-order valence-corrected chi connectivity index (χ4v) is 1.66. The molecule has 0 unspecified atom stereocenters. The highest BCUT2D eigenvalue weighted by molar-refractivity contribution is 5.83. The van der Waals surface area contributed by atoms with E-state index >= 15 is 0 Å². The topological polar surface area (TPSA) is 52.6 Å². The van der Waals surface area contributed by atoms with Gasteiger partial charge in [-0.1, -0.05) is 20.1 Å². The number of halogens is 6. The maximum atomic E-state index is 14.3. The zero-order valence-corrected chi connectivity index (χ0v) is 12.9. The van der Waals surface area contributed by atoms with E-state index in [0.717, 1.165) is 0 Å². The van der Waals surface area contributed by atoms with Crippen molar-refractivity contribution in [3.05, 3.63) is 25.3 Å². The van der Waals surface area contributed by atoms with Gasteiger partial charge in [-0.3, -0.25) is 0 Å². The van der Waals surface area contributed by atoms with Gasteiger partial charge in [0.2, 0.25) is 0 Å². The van der Waals surface area contributed by atoms with Crippen LogP contribution in [0.2, 0.25) is 0 Å². The van der Waals surface area contributed by atoms with Crippen molar-refractivity contribution >= 4 is 11.9 Å². The van der Waals surface area contributed by atoms with Crippen LogP contribution in [-0.2, 0) is 19.1 Å². The van der Waals surface area contributed by atoms with Gasteiger partial charge in [-0.05, 0) is 6.42 Å². The third-order valence-electron chi connectivity index (χ3n) is 2.87. The molecule has 0 heterocycles. The lowest BCUT2D eigenvalue weighted by Crippen LogP contribution is -2.67. The lowest BCUT2D eigenvalue weighted by Gasteiger charge is -2.42. The lowest BCUT2D eigenvalue weighted by molar-refractivity contribution is -0.398. The summed E-state index contributed by atoms with van der Waals surface area (Å²) in [5.74, 6) is -24.3. The maximum Gasteiger partial charge on any atom is 0.391 e. The van der Waals surface area contributed by atoms with Crippen LogP contribution in [0, 0.1) is 0 Å². The van der Waals surface area contributed by atoms with Crippen molar-refractivity contribution in [3.8, 4) is 0 Å². The summed E-state index contributed by atoms with van der Waals surface area (Å²) in [5, 5.41) is 0. The molecule has 0 rings (SSSR count). The Morgan fingerprint density at radius 3 is 1.54 bits per heavy atom. The summed E-state index contributed by atoms with van der Waals surface area (Å²) in [6.07, 6.45) is -0.907. The Morgan fingerprint density at radius 1 is 0.917 bits per heavy atom. The largest absolute Gasteiger partial charge is 0.413 e. The molecule has 0 amide bonds. The van der Waals surface area contributed by atoms with Crippen molar-refractivity contribution < 1.29 is 45.4 Å². The van der Waals surface area contributed by atoms with Gasteiger partial charge in [-0.15, -0.1) is 0 Å². The van der Waals surface area contributed by atoms with E-state index in [1.807, 2.05) is 0 Å². The highest BCUT2D eigenvalue weighted by Gasteiger charge is 2.80. The van der Waals surface area contributed by atoms with Gasteiger partial charge in [-0.2, -0.15) is 26.3 Å². The second kappa shape index (κ2) is 7.27. The van der Waals surface area contributed by atoms with Gasteiger partial charge in [0.05, 0.1) is 0 Å². The summed E-state index contributed by atoms with van der Waals surface area (Å²) in [6, 6.07) is 0. The molecule has 0 aliphatic heterocycles. The van der Waals surface area contributed by atoms with Crippen LogP contribution in [0.3, 0.4) is 0 Å². The molecule has 4 nitrogen and oxygen atoms in total. The molecule has 138 valence electrons. The number of hydrogen-bond donors (Lipinski definition) is 0. The fourth-order valence-electron chi connectivity index (χ4n) is 1.66. The first kappa shape index (κ1) is 22.0. The summed E-state index contributed by atoms with van der Waals surface area (Å²) in [7, 11) is 0. The Hall–Kier alpha value is -2.00. The van der Waals surface area contributed by atoms with E-state index < -0.39 is 48.8 Å². The summed E-state index contributed by atoms with van der Waals surface area (Å²) in [4.78, 5) is 22.5. The van der Waals surface area contributed by atoms with E-state index in [2.05, 4.69) is 22.6 Å². The number of ether oxygens (including phenoxy) is 2. The van der Waals surface area contributed by atoms with E-state index in [0.29, 0.717) is 12.2 Å². The van der Waals surface area contributed by atoms with Crippen LogP contribution in [0.5, 0.6) is 0 Å². The second-order valence-corrected chi connectivity index (χ2v) is 4.79. The predicted molar refractivity (Wildman–Crippen MR) is 70.7 cm³/mol. The number of rotatable bonds is 9. The van der Waals surface area contributed by atoms with E-state index in [9.17, 15) is 35.9 Å². The molecule has 0 saturated heterocycles. The molecular formula is C14H16F6O4. The normalized spacial score (nSPS) is 13.2. The van der Waals surface area contributed by atoms with Gasteiger partial charge >= 0.3 is 35.5 Å². The Bertz CT molecular complexity index is 488. The Balaban J connectivity index is 6.41. The Morgan fingerprint density at radius 2 is 1.29 bits per heavy atom. The molecule has 10 heteroatoms. The van der Waals surface area contributed by atoms with Crippen molar-refractivity contribution in [1.82, 2.24) is 0 Å². The first-order valence-electron chi connectivity index (χ1n) is 6.56. The summed E-state index contributed by atoms with van der Waals surface area (Å²) < 4.78 is 90.5. The van der Waals surface area contributed by atoms with Crippen molar-refractivity contribution in [2.24, 2.45) is 0 Å². The van der Waals surface area contributed by atoms with Crippen LogP contribution in [0.1, 0.15) is 26.7 Å². The van der Waals surface area contributed by atoms with Gasteiger partial charge < -0.3 is 9.47 Å². The number of carbonyl (C=O) groups is 2. The molecule has 0 aliphatic rings. The third-order valence-corrected chi connectivity index (χ3v) is 2.87. The molecule has 24 heavy (non-hydrogen) atoms. The lowest BCUT2D eigenvalue weighted by atomic mass is 9.93. The monoisotopic (exact) mass is 362 g/mol. The molecule has 0 aromatic carbocycles. The molecule has 0 spiro atoms. The predicted octanol–water partition coefficient (Wildman–Crippen LogP) is 3.87. The Kier molecular flexibility index (Phi) is 6.66. The quantitative estimate of drug-likeness (QED) is 0.270. The summed E-state index contributed by atoms with van der Waals surface area (Å²) in [6.45, 7) is 6.51. The van der Waals surface area contributed by atoms with Crippen molar-refractivity contribution in [2.75, 3.05) is 0 Å². The molecule has 0 saturated carbocycles. The number of esters is 2. The maximum absolute atomic E-state index is 14.3. The van der Waals surface area contributed by atoms with Crippen molar-refractivity contribution in [1.29, 1.82) is 0 Å². The molecule has 0 aromatic rings. The van der Waals surface area contributed by atoms with Crippen LogP contribution in [0.4, 0.5) is 26.3 Å². The second-order valence-electron chi connectivity index (χ2n) is 4.79. The SMILES string of the molecule is C=CC(=O)OC(CCC)(OC(=O)C=C)C(F)(F)C(F)(F)C(C)(F)F. The molecule has 0 fully saturated rings. The van der Waals surface area contributed by atoms with Gasteiger partial charge in [0.15, 0.2) is 0 Å². The number of hydrogen-bond acceptors (Lipinski definition) is 4. The minimum atomic E-state index is -6.00. The van der Waals surface area contributed by atoms with Crippen molar-refractivity contribution in [2.45, 2.75) is 50.2 Å². The van der Waals surface area contributed by atoms with Crippen LogP contribution in [-0.4, -0.2) is 35.5 Å². The smallest absolute Gasteiger partial charge is 0.391 e.